The van der Waals surface area contributed by atoms with Gasteiger partial charge in [0.1, 0.15) is 24.1 Å². The van der Waals surface area contributed by atoms with Crippen molar-refractivity contribution < 1.29 is 19.4 Å². The first-order valence-corrected chi connectivity index (χ1v) is 7.71. The minimum Gasteiger partial charge on any atom is -0.492 e. The summed E-state index contributed by atoms with van der Waals surface area (Å²) in [5, 5.41) is 19.5. The number of amides is 2. The van der Waals surface area contributed by atoms with Crippen LogP contribution >= 0.6 is 0 Å². The molecule has 0 saturated heterocycles. The van der Waals surface area contributed by atoms with E-state index in [1.54, 1.807) is 29.4 Å². The van der Waals surface area contributed by atoms with Gasteiger partial charge in [-0.1, -0.05) is 0 Å². The highest BCUT2D eigenvalue weighted by atomic mass is 16.5. The van der Waals surface area contributed by atoms with E-state index in [4.69, 9.17) is 9.84 Å². The normalized spacial score (nSPS) is 14.0. The Morgan fingerprint density at radius 2 is 2.00 bits per heavy atom. The molecule has 0 spiro atoms. The molecule has 9 nitrogen and oxygen atoms in total. The zero-order valence-electron chi connectivity index (χ0n) is 13.5. The molecule has 3 rings (SSSR count). The maximum absolute atomic E-state index is 12.3. The Hall–Kier alpha value is -3.20. The number of aromatic nitrogens is 3. The van der Waals surface area contributed by atoms with Crippen molar-refractivity contribution in [2.24, 2.45) is 0 Å². The Labute approximate surface area is 143 Å². The summed E-state index contributed by atoms with van der Waals surface area (Å²) in [4.78, 5) is 25.1. The molecule has 1 aliphatic rings. The number of nitrogens with one attached hydrogen (secondary N) is 1. The summed E-state index contributed by atoms with van der Waals surface area (Å²) < 4.78 is 7.28. The van der Waals surface area contributed by atoms with Crippen LogP contribution in [-0.4, -0.2) is 56.3 Å². The number of hydrogen-bond donors (Lipinski definition) is 2. The lowest BCUT2D eigenvalue weighted by Gasteiger charge is -2.16. The first kappa shape index (κ1) is 16.7. The number of ether oxygens (including phenoxy) is 1. The quantitative estimate of drug-likeness (QED) is 0.697. The van der Waals surface area contributed by atoms with Gasteiger partial charge in [0.25, 0.3) is 11.8 Å². The van der Waals surface area contributed by atoms with E-state index in [1.165, 1.54) is 6.08 Å². The van der Waals surface area contributed by atoms with Gasteiger partial charge in [0.2, 0.25) is 0 Å². The van der Waals surface area contributed by atoms with Crippen LogP contribution in [-0.2, 0) is 9.59 Å². The summed E-state index contributed by atoms with van der Waals surface area (Å²) in [7, 11) is 0. The zero-order valence-corrected chi connectivity index (χ0v) is 13.5. The van der Waals surface area contributed by atoms with Crippen LogP contribution < -0.4 is 10.1 Å². The van der Waals surface area contributed by atoms with Gasteiger partial charge in [-0.2, -0.15) is 0 Å². The average molecular weight is 343 g/mol. The van der Waals surface area contributed by atoms with Gasteiger partial charge in [0.05, 0.1) is 31.1 Å². The molecule has 2 amide bonds. The Kier molecular flexibility index (Phi) is 4.75. The van der Waals surface area contributed by atoms with Gasteiger partial charge in [-0.15, -0.1) is 10.2 Å². The molecule has 1 aromatic heterocycles. The molecule has 2 heterocycles. The van der Waals surface area contributed by atoms with Crippen LogP contribution in [0.5, 0.6) is 5.75 Å². The zero-order chi connectivity index (χ0) is 17.8. The average Bonchev–Trinajstić information content (AvgIpc) is 3.22. The molecule has 0 fully saturated rings. The van der Waals surface area contributed by atoms with Crippen molar-refractivity contribution in [1.29, 1.82) is 0 Å². The van der Waals surface area contributed by atoms with E-state index in [0.29, 0.717) is 18.0 Å². The molecule has 2 aromatic rings. The van der Waals surface area contributed by atoms with E-state index in [9.17, 15) is 9.59 Å². The molecule has 1 aliphatic heterocycles. The highest BCUT2D eigenvalue weighted by Gasteiger charge is 2.31. The number of β-amino-alcohol motifs (C(OH)–C–C–N with tert-alkyl or cyclic N) is 1. The minimum absolute atomic E-state index is 0.0432. The third-order valence-electron chi connectivity index (χ3n) is 3.58. The fourth-order valence-corrected chi connectivity index (χ4v) is 2.45. The number of aliphatic hydroxyl groups excluding tert-OH is 1. The van der Waals surface area contributed by atoms with Crippen molar-refractivity contribution in [3.05, 3.63) is 42.6 Å². The monoisotopic (exact) mass is 343 g/mol. The van der Waals surface area contributed by atoms with E-state index >= 15 is 0 Å². The van der Waals surface area contributed by atoms with Crippen molar-refractivity contribution in [2.45, 2.75) is 6.92 Å². The molecule has 1 aromatic carbocycles. The molecule has 0 aliphatic carbocycles. The number of carbonyl (C=O) groups is 2. The number of anilines is 1. The second kappa shape index (κ2) is 7.14. The summed E-state index contributed by atoms with van der Waals surface area (Å²) in [5.74, 6) is -0.410. The number of imide groups is 1. The molecule has 0 atom stereocenters. The molecular weight excluding hydrogens is 326 g/mol. The lowest BCUT2D eigenvalue weighted by molar-refractivity contribution is -0.137. The predicted octanol–water partition coefficient (Wildman–Crippen LogP) is 0.323. The lowest BCUT2D eigenvalue weighted by atomic mass is 10.2. The second-order valence-electron chi connectivity index (χ2n) is 5.18. The summed E-state index contributed by atoms with van der Waals surface area (Å²) >= 11 is 0. The van der Waals surface area contributed by atoms with Gasteiger partial charge in [0, 0.05) is 6.08 Å². The number of rotatable bonds is 7. The Morgan fingerprint density at radius 3 is 2.68 bits per heavy atom. The largest absolute Gasteiger partial charge is 0.492 e. The highest BCUT2D eigenvalue weighted by Crippen LogP contribution is 2.29. The van der Waals surface area contributed by atoms with Crippen LogP contribution in [0.15, 0.2) is 42.6 Å². The van der Waals surface area contributed by atoms with Gasteiger partial charge in [-0.05, 0) is 25.1 Å². The predicted molar refractivity (Wildman–Crippen MR) is 88.0 cm³/mol. The molecule has 2 N–H and O–H groups in total. The van der Waals surface area contributed by atoms with Crippen LogP contribution in [0.2, 0.25) is 0 Å². The fourth-order valence-electron chi connectivity index (χ4n) is 2.45. The number of carbonyl (C=O) groups excluding carboxylic acids is 2. The fraction of sp³-hybridized carbons (Fsp3) is 0.250. The van der Waals surface area contributed by atoms with Crippen molar-refractivity contribution >= 4 is 17.5 Å². The molecule has 0 saturated carbocycles. The Balaban J connectivity index is 1.90. The molecule has 0 bridgehead atoms. The molecule has 25 heavy (non-hydrogen) atoms. The van der Waals surface area contributed by atoms with Gasteiger partial charge in [-0.25, -0.2) is 0 Å². The first-order chi connectivity index (χ1) is 12.1. The van der Waals surface area contributed by atoms with Crippen molar-refractivity contribution in [3.63, 3.8) is 0 Å². The third kappa shape index (κ3) is 3.36. The van der Waals surface area contributed by atoms with Crippen LogP contribution in [0.3, 0.4) is 0 Å². The molecular formula is C16H17N5O4. The highest BCUT2D eigenvalue weighted by molar-refractivity contribution is 6.17. The van der Waals surface area contributed by atoms with Gasteiger partial charge in [-0.3, -0.25) is 19.1 Å². The maximum atomic E-state index is 12.3. The van der Waals surface area contributed by atoms with Crippen LogP contribution in [0.4, 0.5) is 5.69 Å². The molecule has 130 valence electrons. The second-order valence-corrected chi connectivity index (χ2v) is 5.18. The Morgan fingerprint density at radius 1 is 1.24 bits per heavy atom. The summed E-state index contributed by atoms with van der Waals surface area (Å²) in [6.07, 6.45) is 4.30. The van der Waals surface area contributed by atoms with E-state index in [1.807, 2.05) is 13.0 Å². The number of hydrogen-bond acceptors (Lipinski definition) is 7. The minimum atomic E-state index is -0.490. The summed E-state index contributed by atoms with van der Waals surface area (Å²) in [6, 6.07) is 5.35. The first-order valence-electron chi connectivity index (χ1n) is 7.71. The van der Waals surface area contributed by atoms with Crippen molar-refractivity contribution in [1.82, 2.24) is 19.7 Å². The topological polar surface area (TPSA) is 110 Å². The third-order valence-corrected chi connectivity index (χ3v) is 3.58. The number of benzene rings is 1. The van der Waals surface area contributed by atoms with E-state index < -0.39 is 11.8 Å². The van der Waals surface area contributed by atoms with Crippen LogP contribution in [0, 0.1) is 0 Å². The number of nitrogens with zero attached hydrogens (tertiary/aromatic N) is 4. The molecule has 0 radical (unpaired) electrons. The Bertz CT molecular complexity index is 816. The molecule has 9 heteroatoms. The molecule has 0 unspecified atom stereocenters. The van der Waals surface area contributed by atoms with E-state index in [2.05, 4.69) is 15.5 Å². The SMILES string of the molecule is CCOc1ccc(-n2cnnc2)cc1NC1=CC(=O)N(CCO)C1=O. The van der Waals surface area contributed by atoms with Crippen molar-refractivity contribution in [3.8, 4) is 11.4 Å². The van der Waals surface area contributed by atoms with Gasteiger partial charge >= 0.3 is 0 Å². The van der Waals surface area contributed by atoms with Crippen LogP contribution in [0.1, 0.15) is 6.92 Å². The summed E-state index contributed by atoms with van der Waals surface area (Å²) in [5.41, 5.74) is 1.42. The number of aliphatic hydroxyl groups is 1. The van der Waals surface area contributed by atoms with Crippen LogP contribution in [0.25, 0.3) is 5.69 Å². The smallest absolute Gasteiger partial charge is 0.277 e. The van der Waals surface area contributed by atoms with Gasteiger partial charge in [0.15, 0.2) is 0 Å². The maximum Gasteiger partial charge on any atom is 0.277 e. The van der Waals surface area contributed by atoms with Crippen molar-refractivity contribution in [2.75, 3.05) is 25.1 Å². The van der Waals surface area contributed by atoms with E-state index in [0.717, 1.165) is 10.6 Å². The van der Waals surface area contributed by atoms with E-state index in [-0.39, 0.29) is 18.8 Å². The summed E-state index contributed by atoms with van der Waals surface area (Å²) in [6.45, 7) is 1.97. The lowest BCUT2D eigenvalue weighted by Crippen LogP contribution is -2.34. The standard InChI is InChI=1S/C16H17N5O4/c1-2-25-14-4-3-11(20-9-17-18-10-20)7-12(14)19-13-8-15(23)21(5-6-22)16(13)24/h3-4,7-10,19,22H,2,5-6H2,1H3. The van der Waals surface area contributed by atoms with Gasteiger partial charge < -0.3 is 15.2 Å².